The van der Waals surface area contributed by atoms with E-state index in [1.807, 2.05) is 52.0 Å². The molecule has 1 aliphatic rings. The molecule has 27 heavy (non-hydrogen) atoms. The van der Waals surface area contributed by atoms with Crippen molar-refractivity contribution in [2.24, 2.45) is 5.92 Å². The summed E-state index contributed by atoms with van der Waals surface area (Å²) in [6.45, 7) is 12.6. The maximum absolute atomic E-state index is 13.0. The summed E-state index contributed by atoms with van der Waals surface area (Å²) in [4.78, 5) is 13.0. The third-order valence-electron chi connectivity index (χ3n) is 4.16. The van der Waals surface area contributed by atoms with Gasteiger partial charge in [-0.2, -0.15) is 5.10 Å². The minimum Gasteiger partial charge on any atom is -0.487 e. The summed E-state index contributed by atoms with van der Waals surface area (Å²) in [5.74, 6) is 1.15. The van der Waals surface area contributed by atoms with Crippen molar-refractivity contribution in [2.75, 3.05) is 6.61 Å². The first kappa shape index (κ1) is 25.7. The molecule has 145 valence electrons. The Kier molecular flexibility index (Phi) is 11.7. The zero-order chi connectivity index (χ0) is 18.4. The summed E-state index contributed by atoms with van der Waals surface area (Å²) in [5.41, 5.74) is 3.24. The van der Waals surface area contributed by atoms with Crippen molar-refractivity contribution in [3.63, 3.8) is 0 Å². The van der Waals surface area contributed by atoms with E-state index in [0.717, 1.165) is 16.8 Å². The third-order valence-corrected chi connectivity index (χ3v) is 4.16. The molecule has 0 amide bonds. The van der Waals surface area contributed by atoms with Gasteiger partial charge in [-0.25, -0.2) is 4.68 Å². The Balaban J connectivity index is 0.00000164. The molecule has 3 rings (SSSR count). The minimum absolute atomic E-state index is 0. The van der Waals surface area contributed by atoms with E-state index in [1.165, 1.54) is 12.8 Å². The van der Waals surface area contributed by atoms with E-state index in [-0.39, 0.29) is 45.7 Å². The molecule has 0 spiro atoms. The summed E-state index contributed by atoms with van der Waals surface area (Å²) < 4.78 is 7.40. The minimum atomic E-state index is -0.0733. The molecule has 0 atom stereocenters. The molecule has 0 saturated heterocycles. The van der Waals surface area contributed by atoms with Gasteiger partial charge in [-0.15, -0.1) is 0 Å². The van der Waals surface area contributed by atoms with E-state index >= 15 is 0 Å². The first-order valence-corrected chi connectivity index (χ1v) is 9.03. The molecule has 0 unspecified atom stereocenters. The van der Waals surface area contributed by atoms with Crippen molar-refractivity contribution < 1.29 is 37.4 Å². The summed E-state index contributed by atoms with van der Waals surface area (Å²) in [6.07, 6.45) is 4.04. The third kappa shape index (κ3) is 6.39. The largest absolute Gasteiger partial charge is 0.487 e. The topological polar surface area (TPSA) is 44.1 Å². The predicted octanol–water partition coefficient (Wildman–Crippen LogP) is 4.98. The fourth-order valence-corrected chi connectivity index (χ4v) is 2.76. The number of rotatable bonds is 6. The summed E-state index contributed by atoms with van der Waals surface area (Å²) in [7, 11) is 0. The Morgan fingerprint density at radius 1 is 1.26 bits per heavy atom. The normalized spacial score (nSPS) is 12.0. The molecule has 1 saturated carbocycles. The first-order chi connectivity index (χ1) is 12.1. The van der Waals surface area contributed by atoms with Crippen LogP contribution in [0.25, 0.3) is 11.1 Å². The molecule has 2 aromatic rings. The van der Waals surface area contributed by atoms with Crippen LogP contribution in [0.3, 0.4) is 0 Å². The summed E-state index contributed by atoms with van der Waals surface area (Å²) >= 11 is 0. The number of nitrogens with zero attached hydrogens (tertiary/aromatic N) is 2. The SMILES string of the molecule is C=CCOc1c(C)nn(CC2CC2)c(=O)c1-c1ccccc1C.CC.[CH3-].[Y]. The average Bonchev–Trinajstić information content (AvgIpc) is 3.43. The maximum atomic E-state index is 13.0. The number of aryl methyl sites for hydroxylation is 2. The quantitative estimate of drug-likeness (QED) is 0.467. The van der Waals surface area contributed by atoms with E-state index < -0.39 is 0 Å². The molecule has 0 bridgehead atoms. The summed E-state index contributed by atoms with van der Waals surface area (Å²) in [6, 6.07) is 7.89. The van der Waals surface area contributed by atoms with Crippen LogP contribution in [0.15, 0.2) is 41.7 Å². The molecule has 1 aromatic carbocycles. The van der Waals surface area contributed by atoms with Gasteiger partial charge in [0.1, 0.15) is 12.3 Å². The van der Waals surface area contributed by atoms with Crippen LogP contribution in [-0.4, -0.2) is 16.4 Å². The van der Waals surface area contributed by atoms with Gasteiger partial charge in [0.05, 0.1) is 5.56 Å². The van der Waals surface area contributed by atoms with Crippen LogP contribution in [0.5, 0.6) is 5.75 Å². The fourth-order valence-electron chi connectivity index (χ4n) is 2.76. The van der Waals surface area contributed by atoms with Crippen LogP contribution >= 0.6 is 0 Å². The van der Waals surface area contributed by atoms with Crippen molar-refractivity contribution in [1.29, 1.82) is 0 Å². The van der Waals surface area contributed by atoms with E-state index in [9.17, 15) is 4.79 Å². The second kappa shape index (κ2) is 12.3. The molecular formula is C22H31N2O2Y-. The zero-order valence-corrected chi connectivity index (χ0v) is 20.1. The van der Waals surface area contributed by atoms with Gasteiger partial charge in [0, 0.05) is 39.3 Å². The van der Waals surface area contributed by atoms with Gasteiger partial charge in [0.25, 0.3) is 5.56 Å². The Morgan fingerprint density at radius 2 is 1.89 bits per heavy atom. The molecular weight excluding hydrogens is 413 g/mol. The van der Waals surface area contributed by atoms with Crippen molar-refractivity contribution in [1.82, 2.24) is 9.78 Å². The van der Waals surface area contributed by atoms with Crippen molar-refractivity contribution in [3.8, 4) is 16.9 Å². The van der Waals surface area contributed by atoms with Gasteiger partial charge in [0.15, 0.2) is 5.75 Å². The van der Waals surface area contributed by atoms with Crippen LogP contribution in [0.2, 0.25) is 0 Å². The molecule has 1 heterocycles. The molecule has 1 aromatic heterocycles. The molecule has 1 radical (unpaired) electrons. The Hall–Kier alpha value is -1.26. The smallest absolute Gasteiger partial charge is 0.278 e. The standard InChI is InChI=1S/C19H22N2O2.C2H6.CH3.Y/c1-4-11-23-18-14(3)20-21(12-15-9-10-15)19(22)17(18)16-8-6-5-7-13(16)2;1-2;;/h4-8,15H,1,9-12H2,2-3H3;1-2H3;1H3;/q;;-1;. The molecule has 4 nitrogen and oxygen atoms in total. The molecule has 1 fully saturated rings. The van der Waals surface area contributed by atoms with E-state index in [4.69, 9.17) is 4.74 Å². The van der Waals surface area contributed by atoms with Crippen LogP contribution in [-0.2, 0) is 39.3 Å². The monoisotopic (exact) mass is 444 g/mol. The Labute approximate surface area is 188 Å². The first-order valence-electron chi connectivity index (χ1n) is 9.03. The van der Waals surface area contributed by atoms with Gasteiger partial charge in [-0.1, -0.05) is 50.8 Å². The fraction of sp³-hybridized carbons (Fsp3) is 0.409. The number of benzene rings is 1. The molecule has 0 aliphatic heterocycles. The van der Waals surface area contributed by atoms with Crippen molar-refractivity contribution in [2.45, 2.75) is 47.1 Å². The molecule has 1 aliphatic carbocycles. The second-order valence-corrected chi connectivity index (χ2v) is 6.13. The van der Waals surface area contributed by atoms with E-state index in [1.54, 1.807) is 10.8 Å². The summed E-state index contributed by atoms with van der Waals surface area (Å²) in [5, 5.41) is 4.47. The Morgan fingerprint density at radius 3 is 2.44 bits per heavy atom. The van der Waals surface area contributed by atoms with Crippen LogP contribution in [0.1, 0.15) is 37.9 Å². The van der Waals surface area contributed by atoms with E-state index in [2.05, 4.69) is 11.7 Å². The van der Waals surface area contributed by atoms with Gasteiger partial charge < -0.3 is 12.2 Å². The Bertz CT molecular complexity index is 795. The number of ether oxygens (including phenoxy) is 1. The predicted molar refractivity (Wildman–Crippen MR) is 110 cm³/mol. The van der Waals surface area contributed by atoms with Gasteiger partial charge in [-0.3, -0.25) is 4.79 Å². The van der Waals surface area contributed by atoms with Crippen LogP contribution in [0, 0.1) is 27.2 Å². The van der Waals surface area contributed by atoms with Gasteiger partial charge in [-0.05, 0) is 43.7 Å². The zero-order valence-electron chi connectivity index (χ0n) is 17.3. The molecule has 0 N–H and O–H groups in total. The second-order valence-electron chi connectivity index (χ2n) is 6.13. The van der Waals surface area contributed by atoms with E-state index in [0.29, 0.717) is 30.4 Å². The van der Waals surface area contributed by atoms with Crippen LogP contribution in [0.4, 0.5) is 0 Å². The van der Waals surface area contributed by atoms with Gasteiger partial charge >= 0.3 is 0 Å². The van der Waals surface area contributed by atoms with Crippen molar-refractivity contribution >= 4 is 0 Å². The van der Waals surface area contributed by atoms with Gasteiger partial charge in [0.2, 0.25) is 0 Å². The maximum Gasteiger partial charge on any atom is 0.278 e. The average molecular weight is 444 g/mol. The number of aromatic nitrogens is 2. The van der Waals surface area contributed by atoms with Crippen molar-refractivity contribution in [3.05, 3.63) is 66.0 Å². The van der Waals surface area contributed by atoms with Crippen LogP contribution < -0.4 is 10.3 Å². The molecule has 5 heteroatoms. The number of hydrogen-bond acceptors (Lipinski definition) is 3. The number of hydrogen-bond donors (Lipinski definition) is 0.